The van der Waals surface area contributed by atoms with Crippen LogP contribution in [-0.4, -0.2) is 38.1 Å². The molecule has 0 unspecified atom stereocenters. The smallest absolute Gasteiger partial charge is 0.377 e. The lowest BCUT2D eigenvalue weighted by Gasteiger charge is -2.10. The number of carbonyl (C=O) groups excluding carboxylic acids is 2. The molecule has 4 N–H and O–H groups in total. The van der Waals surface area contributed by atoms with Crippen molar-refractivity contribution in [2.24, 2.45) is 0 Å². The zero-order chi connectivity index (χ0) is 17.1. The van der Waals surface area contributed by atoms with E-state index in [-0.39, 0.29) is 11.3 Å². The van der Waals surface area contributed by atoms with Crippen LogP contribution in [0, 0.1) is 0 Å². The summed E-state index contributed by atoms with van der Waals surface area (Å²) in [5.41, 5.74) is -0.762. The highest BCUT2D eigenvalue weighted by atomic mass is 16.5. The summed E-state index contributed by atoms with van der Waals surface area (Å²) in [6, 6.07) is 6.49. The Hall–Kier alpha value is -3.55. The van der Waals surface area contributed by atoms with Gasteiger partial charge < -0.3 is 25.2 Å². The number of aromatic hydroxyl groups is 3. The average Bonchev–Trinajstić information content (AvgIpc) is 2.46. The molecule has 0 aliphatic rings. The zero-order valence-electron chi connectivity index (χ0n) is 11.4. The first-order valence-electron chi connectivity index (χ1n) is 6.14. The Morgan fingerprint density at radius 2 is 1.48 bits per heavy atom. The van der Waals surface area contributed by atoms with Gasteiger partial charge in [0, 0.05) is 12.1 Å². The molecule has 0 saturated carbocycles. The van der Waals surface area contributed by atoms with Crippen molar-refractivity contribution in [3.05, 3.63) is 47.5 Å². The topological polar surface area (TPSA) is 141 Å². The summed E-state index contributed by atoms with van der Waals surface area (Å²) in [6.07, 6.45) is 0. The first-order chi connectivity index (χ1) is 10.8. The van der Waals surface area contributed by atoms with E-state index in [1.165, 1.54) is 24.3 Å². The number of carboxylic acids is 1. The van der Waals surface area contributed by atoms with Gasteiger partial charge in [0.2, 0.25) is 0 Å². The first kappa shape index (κ1) is 15.8. The minimum absolute atomic E-state index is 0.000596. The third-order valence-corrected chi connectivity index (χ3v) is 2.79. The summed E-state index contributed by atoms with van der Waals surface area (Å²) >= 11 is 0. The molecule has 8 nitrogen and oxygen atoms in total. The molecule has 0 fully saturated rings. The predicted molar refractivity (Wildman–Crippen MR) is 74.8 cm³/mol. The maximum absolute atomic E-state index is 12.0. The summed E-state index contributed by atoms with van der Waals surface area (Å²) in [4.78, 5) is 34.4. The van der Waals surface area contributed by atoms with Crippen LogP contribution < -0.4 is 4.74 Å². The molecular formula is C15H10O8. The number of hydrogen-bond donors (Lipinski definition) is 4. The maximum atomic E-state index is 12.0. The number of ketones is 1. The van der Waals surface area contributed by atoms with Gasteiger partial charge >= 0.3 is 11.9 Å². The number of hydrogen-bond acceptors (Lipinski definition) is 7. The molecule has 0 atom stereocenters. The monoisotopic (exact) mass is 318 g/mol. The van der Waals surface area contributed by atoms with Crippen LogP contribution in [-0.2, 0) is 4.79 Å². The van der Waals surface area contributed by atoms with Gasteiger partial charge in [-0.05, 0) is 24.3 Å². The number of esters is 1. The second-order valence-electron chi connectivity index (χ2n) is 4.41. The number of aliphatic carboxylic acids is 1. The number of phenolic OH excluding ortho intramolecular Hbond substituents is 3. The summed E-state index contributed by atoms with van der Waals surface area (Å²) in [5, 5.41) is 37.0. The van der Waals surface area contributed by atoms with Crippen LogP contribution in [0.4, 0.5) is 0 Å². The van der Waals surface area contributed by atoms with E-state index >= 15 is 0 Å². The number of carboxylic acid groups (broad SMARTS) is 1. The van der Waals surface area contributed by atoms with Crippen LogP contribution in [0.25, 0.3) is 0 Å². The van der Waals surface area contributed by atoms with E-state index in [1.54, 1.807) is 0 Å². The quantitative estimate of drug-likeness (QED) is 0.286. The Morgan fingerprint density at radius 3 is 2.04 bits per heavy atom. The van der Waals surface area contributed by atoms with Gasteiger partial charge in [-0.15, -0.1) is 0 Å². The standard InChI is InChI=1S/C15H10O8/c16-8-3-1-7(2-4-8)15(22)23-11-6-9(17)5-10(18)12(11)13(19)14(20)21/h1-6,16-18H,(H,20,21). The van der Waals surface area contributed by atoms with Crippen molar-refractivity contribution < 1.29 is 39.5 Å². The highest BCUT2D eigenvalue weighted by molar-refractivity contribution is 6.41. The van der Waals surface area contributed by atoms with Crippen molar-refractivity contribution in [3.63, 3.8) is 0 Å². The third kappa shape index (κ3) is 3.38. The van der Waals surface area contributed by atoms with E-state index in [2.05, 4.69) is 0 Å². The van der Waals surface area contributed by atoms with Crippen molar-refractivity contribution in [2.45, 2.75) is 0 Å². The van der Waals surface area contributed by atoms with Crippen molar-refractivity contribution >= 4 is 17.7 Å². The second kappa shape index (κ2) is 6.06. The fourth-order valence-corrected chi connectivity index (χ4v) is 1.76. The number of carbonyl (C=O) groups is 3. The minimum atomic E-state index is -1.87. The minimum Gasteiger partial charge on any atom is -0.508 e. The largest absolute Gasteiger partial charge is 0.508 e. The molecule has 8 heteroatoms. The average molecular weight is 318 g/mol. The summed E-state index contributed by atoms with van der Waals surface area (Å²) in [7, 11) is 0. The third-order valence-electron chi connectivity index (χ3n) is 2.79. The Bertz CT molecular complexity index is 792. The fourth-order valence-electron chi connectivity index (χ4n) is 1.76. The summed E-state index contributed by atoms with van der Waals surface area (Å²) < 4.78 is 4.88. The lowest BCUT2D eigenvalue weighted by molar-refractivity contribution is -0.131. The molecule has 0 saturated heterocycles. The molecule has 0 aliphatic heterocycles. The van der Waals surface area contributed by atoms with Crippen LogP contribution >= 0.6 is 0 Å². The van der Waals surface area contributed by atoms with Gasteiger partial charge in [0.1, 0.15) is 28.6 Å². The Morgan fingerprint density at radius 1 is 0.870 bits per heavy atom. The molecule has 0 heterocycles. The summed E-state index contributed by atoms with van der Waals surface area (Å²) in [6.45, 7) is 0. The van der Waals surface area contributed by atoms with Crippen LogP contribution in [0.1, 0.15) is 20.7 Å². The number of phenols is 3. The van der Waals surface area contributed by atoms with E-state index in [1.807, 2.05) is 0 Å². The van der Waals surface area contributed by atoms with Gasteiger partial charge in [-0.3, -0.25) is 4.79 Å². The first-order valence-corrected chi connectivity index (χ1v) is 6.14. The fraction of sp³-hybridized carbons (Fsp3) is 0. The van der Waals surface area contributed by atoms with Gasteiger partial charge in [-0.1, -0.05) is 0 Å². The van der Waals surface area contributed by atoms with Crippen molar-refractivity contribution in [3.8, 4) is 23.0 Å². The van der Waals surface area contributed by atoms with Crippen molar-refractivity contribution in [2.75, 3.05) is 0 Å². The second-order valence-corrected chi connectivity index (χ2v) is 4.41. The van der Waals surface area contributed by atoms with Crippen molar-refractivity contribution in [1.29, 1.82) is 0 Å². The molecule has 0 bridgehead atoms. The van der Waals surface area contributed by atoms with Crippen LogP contribution in [0.3, 0.4) is 0 Å². The molecule has 0 aromatic heterocycles. The molecule has 118 valence electrons. The van der Waals surface area contributed by atoms with E-state index in [0.717, 1.165) is 12.1 Å². The van der Waals surface area contributed by atoms with Crippen molar-refractivity contribution in [1.82, 2.24) is 0 Å². The van der Waals surface area contributed by atoms with Crippen LogP contribution in [0.2, 0.25) is 0 Å². The molecule has 23 heavy (non-hydrogen) atoms. The molecule has 0 amide bonds. The highest BCUT2D eigenvalue weighted by Crippen LogP contribution is 2.33. The molecule has 0 spiro atoms. The van der Waals surface area contributed by atoms with E-state index in [4.69, 9.17) is 14.9 Å². The van der Waals surface area contributed by atoms with E-state index in [9.17, 15) is 24.6 Å². The molecule has 2 aromatic carbocycles. The lowest BCUT2D eigenvalue weighted by atomic mass is 10.1. The Kier molecular flexibility index (Phi) is 4.17. The molecule has 2 rings (SSSR count). The SMILES string of the molecule is O=C(O)C(=O)c1c(O)cc(O)cc1OC(=O)c1ccc(O)cc1. The molecular weight excluding hydrogens is 308 g/mol. The maximum Gasteiger partial charge on any atom is 0.377 e. The molecule has 2 aromatic rings. The van der Waals surface area contributed by atoms with Crippen LogP contribution in [0.5, 0.6) is 23.0 Å². The van der Waals surface area contributed by atoms with Gasteiger partial charge in [0.15, 0.2) is 0 Å². The lowest BCUT2D eigenvalue weighted by Crippen LogP contribution is -2.17. The normalized spacial score (nSPS) is 10.1. The predicted octanol–water partition coefficient (Wildman–Crippen LogP) is 1.29. The number of ether oxygens (including phenoxy) is 1. The van der Waals surface area contributed by atoms with Crippen LogP contribution in [0.15, 0.2) is 36.4 Å². The number of Topliss-reactive ketones (excluding diaryl/α,β-unsaturated/α-hetero) is 1. The Balaban J connectivity index is 2.42. The van der Waals surface area contributed by atoms with Gasteiger partial charge in [0.25, 0.3) is 5.78 Å². The molecule has 0 radical (unpaired) electrons. The van der Waals surface area contributed by atoms with Gasteiger partial charge in [-0.25, -0.2) is 9.59 Å². The molecule has 0 aliphatic carbocycles. The van der Waals surface area contributed by atoms with E-state index < -0.39 is 40.5 Å². The number of rotatable bonds is 4. The van der Waals surface area contributed by atoms with Gasteiger partial charge in [0.05, 0.1) is 5.56 Å². The van der Waals surface area contributed by atoms with E-state index in [0.29, 0.717) is 0 Å². The van der Waals surface area contributed by atoms with Gasteiger partial charge in [-0.2, -0.15) is 0 Å². The Labute approximate surface area is 128 Å². The summed E-state index contributed by atoms with van der Waals surface area (Å²) in [5.74, 6) is -6.41. The zero-order valence-corrected chi connectivity index (χ0v) is 11.4. The number of benzene rings is 2. The highest BCUT2D eigenvalue weighted by Gasteiger charge is 2.26.